The topological polar surface area (TPSA) is 44.5 Å². The van der Waals surface area contributed by atoms with Crippen LogP contribution in [0.2, 0.25) is 10.0 Å². The monoisotopic (exact) mass is 339 g/mol. The van der Waals surface area contributed by atoms with Crippen LogP contribution in [0.15, 0.2) is 36.4 Å². The van der Waals surface area contributed by atoms with E-state index >= 15 is 0 Å². The molecule has 0 saturated carbocycles. The van der Waals surface area contributed by atoms with Crippen LogP contribution < -0.4 is 15.2 Å². The fraction of sp³-hybridized carbons (Fsp3) is 0.294. The summed E-state index contributed by atoms with van der Waals surface area (Å²) in [5.41, 5.74) is 8.10. The largest absolute Gasteiger partial charge is 0.497 e. The number of ether oxygens (including phenoxy) is 2. The summed E-state index contributed by atoms with van der Waals surface area (Å²) in [6.07, 6.45) is 0.743. The lowest BCUT2D eigenvalue weighted by atomic mass is 9.92. The molecule has 3 nitrogen and oxygen atoms in total. The summed E-state index contributed by atoms with van der Waals surface area (Å²) in [5, 5.41) is 1.01. The van der Waals surface area contributed by atoms with Crippen LogP contribution in [-0.2, 0) is 6.42 Å². The number of halogens is 2. The van der Waals surface area contributed by atoms with Crippen LogP contribution in [0.5, 0.6) is 11.5 Å². The molecule has 5 heteroatoms. The second-order valence-corrected chi connectivity index (χ2v) is 5.82. The molecule has 1 atom stereocenters. The second-order valence-electron chi connectivity index (χ2n) is 5.01. The van der Waals surface area contributed by atoms with Crippen molar-refractivity contribution in [1.82, 2.24) is 0 Å². The third kappa shape index (κ3) is 3.86. The molecule has 0 aliphatic rings. The lowest BCUT2D eigenvalue weighted by Gasteiger charge is -2.17. The van der Waals surface area contributed by atoms with E-state index in [0.29, 0.717) is 22.3 Å². The Morgan fingerprint density at radius 1 is 1.05 bits per heavy atom. The molecule has 0 heterocycles. The van der Waals surface area contributed by atoms with Gasteiger partial charge in [0.1, 0.15) is 5.75 Å². The molecule has 0 aromatic heterocycles. The molecule has 118 valence electrons. The van der Waals surface area contributed by atoms with Crippen LogP contribution >= 0.6 is 23.2 Å². The first-order valence-electron chi connectivity index (χ1n) is 6.95. The molecule has 1 unspecified atom stereocenters. The van der Waals surface area contributed by atoms with Gasteiger partial charge >= 0.3 is 0 Å². The maximum atomic E-state index is 6.19. The molecule has 0 saturated heterocycles. The molecular formula is C17H19Cl2NO2. The summed E-state index contributed by atoms with van der Waals surface area (Å²) < 4.78 is 10.4. The highest BCUT2D eigenvalue weighted by atomic mass is 35.5. The van der Waals surface area contributed by atoms with Gasteiger partial charge in [0.15, 0.2) is 5.75 Å². The zero-order valence-corrected chi connectivity index (χ0v) is 14.1. The van der Waals surface area contributed by atoms with Crippen molar-refractivity contribution in [1.29, 1.82) is 0 Å². The van der Waals surface area contributed by atoms with E-state index in [2.05, 4.69) is 0 Å². The van der Waals surface area contributed by atoms with Crippen LogP contribution in [0.3, 0.4) is 0 Å². The summed E-state index contributed by atoms with van der Waals surface area (Å²) in [6, 6.07) is 11.7. The molecule has 0 radical (unpaired) electrons. The fourth-order valence-corrected chi connectivity index (χ4v) is 3.13. The summed E-state index contributed by atoms with van der Waals surface area (Å²) in [7, 11) is 3.20. The highest BCUT2D eigenvalue weighted by molar-refractivity contribution is 6.37. The number of benzene rings is 2. The van der Waals surface area contributed by atoms with E-state index in [1.165, 1.54) is 0 Å². The van der Waals surface area contributed by atoms with Crippen LogP contribution in [-0.4, -0.2) is 20.8 Å². The summed E-state index contributed by atoms with van der Waals surface area (Å²) in [5.74, 6) is 1.48. The van der Waals surface area contributed by atoms with Crippen LogP contribution in [0.4, 0.5) is 0 Å². The van der Waals surface area contributed by atoms with Gasteiger partial charge in [0.2, 0.25) is 0 Å². The molecule has 0 bridgehead atoms. The number of rotatable bonds is 6. The van der Waals surface area contributed by atoms with Crippen molar-refractivity contribution in [2.24, 2.45) is 5.73 Å². The SMILES string of the molecule is COc1cccc(C(CN)Cc2cc(Cl)c(OC)c(Cl)c2)c1. The predicted octanol–water partition coefficient (Wildman–Crippen LogP) is 4.30. The Kier molecular flexibility index (Phi) is 5.95. The van der Waals surface area contributed by atoms with Crippen molar-refractivity contribution in [3.63, 3.8) is 0 Å². The number of hydrogen-bond donors (Lipinski definition) is 1. The molecule has 0 amide bonds. The Morgan fingerprint density at radius 2 is 1.73 bits per heavy atom. The molecule has 2 rings (SSSR count). The molecular weight excluding hydrogens is 321 g/mol. The van der Waals surface area contributed by atoms with E-state index in [1.807, 2.05) is 36.4 Å². The maximum Gasteiger partial charge on any atom is 0.156 e. The van der Waals surface area contributed by atoms with E-state index in [9.17, 15) is 0 Å². The lowest BCUT2D eigenvalue weighted by Crippen LogP contribution is -2.15. The third-order valence-corrected chi connectivity index (χ3v) is 4.16. The van der Waals surface area contributed by atoms with Crippen LogP contribution in [0.1, 0.15) is 17.0 Å². The molecule has 2 aromatic rings. The first kappa shape index (κ1) is 16.9. The van der Waals surface area contributed by atoms with Gasteiger partial charge in [-0.1, -0.05) is 35.3 Å². The Bertz CT molecular complexity index is 623. The Morgan fingerprint density at radius 3 is 2.27 bits per heavy atom. The fourth-order valence-electron chi connectivity index (χ4n) is 2.44. The summed E-state index contributed by atoms with van der Waals surface area (Å²) >= 11 is 12.4. The second kappa shape index (κ2) is 7.73. The minimum atomic E-state index is 0.163. The van der Waals surface area contributed by atoms with E-state index in [1.54, 1.807) is 14.2 Å². The molecule has 0 spiro atoms. The Hall–Kier alpha value is -1.42. The maximum absolute atomic E-state index is 6.19. The zero-order valence-electron chi connectivity index (χ0n) is 12.6. The minimum absolute atomic E-state index is 0.163. The number of methoxy groups -OCH3 is 2. The number of hydrogen-bond acceptors (Lipinski definition) is 3. The first-order valence-corrected chi connectivity index (χ1v) is 7.70. The van der Waals surface area contributed by atoms with Gasteiger partial charge in [-0.05, 0) is 48.4 Å². The van der Waals surface area contributed by atoms with Gasteiger partial charge in [-0.2, -0.15) is 0 Å². The summed E-state index contributed by atoms with van der Waals surface area (Å²) in [4.78, 5) is 0. The van der Waals surface area contributed by atoms with E-state index in [0.717, 1.165) is 23.3 Å². The van der Waals surface area contributed by atoms with Gasteiger partial charge in [-0.25, -0.2) is 0 Å². The molecule has 2 N–H and O–H groups in total. The van der Waals surface area contributed by atoms with Gasteiger partial charge in [0.25, 0.3) is 0 Å². The normalized spacial score (nSPS) is 12.0. The highest BCUT2D eigenvalue weighted by Crippen LogP contribution is 2.35. The molecule has 0 fully saturated rings. The van der Waals surface area contributed by atoms with Gasteiger partial charge in [-0.3, -0.25) is 0 Å². The van der Waals surface area contributed by atoms with E-state index < -0.39 is 0 Å². The van der Waals surface area contributed by atoms with Gasteiger partial charge in [0, 0.05) is 5.92 Å². The smallest absolute Gasteiger partial charge is 0.156 e. The van der Waals surface area contributed by atoms with Crippen molar-refractivity contribution in [2.75, 3.05) is 20.8 Å². The van der Waals surface area contributed by atoms with Crippen LogP contribution in [0, 0.1) is 0 Å². The van der Waals surface area contributed by atoms with Gasteiger partial charge in [-0.15, -0.1) is 0 Å². The number of nitrogens with two attached hydrogens (primary N) is 1. The molecule has 2 aromatic carbocycles. The third-order valence-electron chi connectivity index (χ3n) is 3.59. The Balaban J connectivity index is 2.26. The predicted molar refractivity (Wildman–Crippen MR) is 91.5 cm³/mol. The standard InChI is InChI=1S/C17H19Cl2NO2/c1-21-14-5-3-4-12(9-14)13(10-20)6-11-7-15(18)17(22-2)16(19)8-11/h3-5,7-9,13H,6,10,20H2,1-2H3. The summed E-state index contributed by atoms with van der Waals surface area (Å²) in [6.45, 7) is 0.522. The van der Waals surface area contributed by atoms with Crippen molar-refractivity contribution in [3.05, 3.63) is 57.6 Å². The van der Waals surface area contributed by atoms with Gasteiger partial charge in [0.05, 0.1) is 24.3 Å². The van der Waals surface area contributed by atoms with Crippen molar-refractivity contribution >= 4 is 23.2 Å². The van der Waals surface area contributed by atoms with Crippen molar-refractivity contribution < 1.29 is 9.47 Å². The highest BCUT2D eigenvalue weighted by Gasteiger charge is 2.15. The average molecular weight is 340 g/mol. The molecule has 0 aliphatic heterocycles. The Labute approximate surface area is 140 Å². The molecule has 0 aliphatic carbocycles. The van der Waals surface area contributed by atoms with Crippen molar-refractivity contribution in [3.8, 4) is 11.5 Å². The molecule has 22 heavy (non-hydrogen) atoms. The van der Waals surface area contributed by atoms with E-state index in [4.69, 9.17) is 38.4 Å². The minimum Gasteiger partial charge on any atom is -0.497 e. The van der Waals surface area contributed by atoms with E-state index in [-0.39, 0.29) is 5.92 Å². The quantitative estimate of drug-likeness (QED) is 0.853. The van der Waals surface area contributed by atoms with Gasteiger partial charge < -0.3 is 15.2 Å². The average Bonchev–Trinajstić information content (AvgIpc) is 2.52. The van der Waals surface area contributed by atoms with Crippen molar-refractivity contribution in [2.45, 2.75) is 12.3 Å². The zero-order chi connectivity index (χ0) is 16.1. The van der Waals surface area contributed by atoms with Crippen LogP contribution in [0.25, 0.3) is 0 Å². The first-order chi connectivity index (χ1) is 10.6. The lowest BCUT2D eigenvalue weighted by molar-refractivity contribution is 0.413.